The number of rotatable bonds is 7. The van der Waals surface area contributed by atoms with Crippen molar-refractivity contribution in [1.29, 1.82) is 0 Å². The number of nitrogens with two attached hydrogens (primary N) is 1. The highest BCUT2D eigenvalue weighted by molar-refractivity contribution is 5.81. The Morgan fingerprint density at radius 3 is 2.64 bits per heavy atom. The molecule has 0 radical (unpaired) electrons. The fourth-order valence-electron chi connectivity index (χ4n) is 1.17. The Morgan fingerprint density at radius 1 is 1.50 bits per heavy atom. The fourth-order valence-corrected chi connectivity index (χ4v) is 1.17. The summed E-state index contributed by atoms with van der Waals surface area (Å²) in [4.78, 5) is 13.2. The largest absolute Gasteiger partial charge is 0.380 e. The quantitative estimate of drug-likeness (QED) is 0.615. The van der Waals surface area contributed by atoms with Crippen molar-refractivity contribution in [3.63, 3.8) is 0 Å². The molecule has 0 aliphatic carbocycles. The molecule has 1 atom stereocenters. The van der Waals surface area contributed by atoms with Gasteiger partial charge in [-0.2, -0.15) is 0 Å². The molecule has 0 spiro atoms. The van der Waals surface area contributed by atoms with Gasteiger partial charge in [0.1, 0.15) is 0 Å². The van der Waals surface area contributed by atoms with Crippen LogP contribution in [0.25, 0.3) is 0 Å². The third kappa shape index (κ3) is 5.19. The minimum atomic E-state index is -0.355. The average Bonchev–Trinajstić information content (AvgIpc) is 2.17. The second-order valence-electron chi connectivity index (χ2n) is 3.35. The first-order valence-corrected chi connectivity index (χ1v) is 5.21. The number of amides is 1. The highest BCUT2D eigenvalue weighted by atomic mass is 16.5. The normalized spacial score (nSPS) is 12.6. The molecule has 0 bridgehead atoms. The van der Waals surface area contributed by atoms with Gasteiger partial charge in [-0.3, -0.25) is 4.79 Å². The van der Waals surface area contributed by atoms with E-state index < -0.39 is 0 Å². The van der Waals surface area contributed by atoms with Crippen LogP contribution in [0.3, 0.4) is 0 Å². The van der Waals surface area contributed by atoms with Crippen LogP contribution in [0.2, 0.25) is 0 Å². The van der Waals surface area contributed by atoms with Gasteiger partial charge in [0.2, 0.25) is 5.91 Å². The van der Waals surface area contributed by atoms with E-state index in [0.717, 1.165) is 12.8 Å². The Kier molecular flexibility index (Phi) is 7.42. The summed E-state index contributed by atoms with van der Waals surface area (Å²) in [6.07, 6.45) is 1.68. The van der Waals surface area contributed by atoms with Crippen LogP contribution < -0.4 is 5.73 Å². The second-order valence-corrected chi connectivity index (χ2v) is 3.35. The number of carbonyl (C=O) groups is 1. The van der Waals surface area contributed by atoms with Gasteiger partial charge in [0.25, 0.3) is 0 Å². The molecule has 14 heavy (non-hydrogen) atoms. The smallest absolute Gasteiger partial charge is 0.239 e. The maximum atomic E-state index is 11.6. The van der Waals surface area contributed by atoms with Gasteiger partial charge in [0.05, 0.1) is 12.6 Å². The summed E-state index contributed by atoms with van der Waals surface area (Å²) >= 11 is 0. The van der Waals surface area contributed by atoms with Crippen LogP contribution in [0.5, 0.6) is 0 Å². The molecule has 1 amide bonds. The summed E-state index contributed by atoms with van der Waals surface area (Å²) in [6.45, 7) is 5.84. The molecule has 0 saturated carbocycles. The third-order valence-electron chi connectivity index (χ3n) is 2.07. The molecule has 0 saturated heterocycles. The number of ether oxygens (including phenoxy) is 1. The van der Waals surface area contributed by atoms with Crippen molar-refractivity contribution in [2.45, 2.75) is 32.7 Å². The van der Waals surface area contributed by atoms with Gasteiger partial charge in [-0.05, 0) is 13.3 Å². The van der Waals surface area contributed by atoms with Gasteiger partial charge in [-0.1, -0.05) is 13.3 Å². The second kappa shape index (κ2) is 7.76. The van der Waals surface area contributed by atoms with E-state index in [1.54, 1.807) is 11.9 Å². The van der Waals surface area contributed by atoms with Crippen molar-refractivity contribution in [3.05, 3.63) is 0 Å². The number of hydrogen-bond acceptors (Lipinski definition) is 3. The Bertz CT molecular complexity index is 162. The summed E-state index contributed by atoms with van der Waals surface area (Å²) < 4.78 is 5.16. The SMILES string of the molecule is CCCC(N)C(=O)N(C)CCOCC. The van der Waals surface area contributed by atoms with Crippen LogP contribution in [0.4, 0.5) is 0 Å². The van der Waals surface area contributed by atoms with Crippen LogP contribution in [0.1, 0.15) is 26.7 Å². The number of nitrogens with zero attached hydrogens (tertiary/aromatic N) is 1. The van der Waals surface area contributed by atoms with Crippen LogP contribution >= 0.6 is 0 Å². The fraction of sp³-hybridized carbons (Fsp3) is 0.900. The van der Waals surface area contributed by atoms with Crippen molar-refractivity contribution in [2.75, 3.05) is 26.8 Å². The molecule has 0 aliphatic rings. The molecule has 0 rings (SSSR count). The summed E-state index contributed by atoms with van der Waals surface area (Å²) in [7, 11) is 1.76. The number of likely N-dealkylation sites (N-methyl/N-ethyl adjacent to an activating group) is 1. The molecule has 0 aromatic heterocycles. The maximum absolute atomic E-state index is 11.6. The minimum absolute atomic E-state index is 0.00607. The molecular weight excluding hydrogens is 180 g/mol. The van der Waals surface area contributed by atoms with E-state index in [0.29, 0.717) is 19.8 Å². The maximum Gasteiger partial charge on any atom is 0.239 e. The Morgan fingerprint density at radius 2 is 2.14 bits per heavy atom. The first-order valence-electron chi connectivity index (χ1n) is 5.21. The first kappa shape index (κ1) is 13.4. The molecule has 0 heterocycles. The van der Waals surface area contributed by atoms with E-state index in [2.05, 4.69) is 0 Å². The highest BCUT2D eigenvalue weighted by Gasteiger charge is 2.16. The standard InChI is InChI=1S/C10H22N2O2/c1-4-6-9(11)10(13)12(3)7-8-14-5-2/h9H,4-8,11H2,1-3H3. The lowest BCUT2D eigenvalue weighted by atomic mass is 10.1. The van der Waals surface area contributed by atoms with Crippen LogP contribution in [-0.4, -0.2) is 43.7 Å². The number of carbonyl (C=O) groups excluding carboxylic acids is 1. The summed E-state index contributed by atoms with van der Waals surface area (Å²) in [5.74, 6) is 0.00607. The molecular formula is C10H22N2O2. The molecule has 84 valence electrons. The molecule has 4 heteroatoms. The van der Waals surface area contributed by atoms with E-state index in [1.165, 1.54) is 0 Å². The Labute approximate surface area is 86.4 Å². The lowest BCUT2D eigenvalue weighted by Crippen LogP contribution is -2.42. The topological polar surface area (TPSA) is 55.6 Å². The lowest BCUT2D eigenvalue weighted by Gasteiger charge is -2.20. The monoisotopic (exact) mass is 202 g/mol. The van der Waals surface area contributed by atoms with Crippen LogP contribution in [0, 0.1) is 0 Å². The minimum Gasteiger partial charge on any atom is -0.380 e. The molecule has 0 aliphatic heterocycles. The summed E-state index contributed by atoms with van der Waals surface area (Å²) in [5.41, 5.74) is 5.70. The van der Waals surface area contributed by atoms with E-state index >= 15 is 0 Å². The van der Waals surface area contributed by atoms with Gasteiger partial charge in [-0.25, -0.2) is 0 Å². The average molecular weight is 202 g/mol. The zero-order valence-corrected chi connectivity index (χ0v) is 9.45. The van der Waals surface area contributed by atoms with Crippen molar-refractivity contribution >= 4 is 5.91 Å². The van der Waals surface area contributed by atoms with Gasteiger partial charge in [0.15, 0.2) is 0 Å². The third-order valence-corrected chi connectivity index (χ3v) is 2.07. The van der Waals surface area contributed by atoms with Crippen LogP contribution in [0.15, 0.2) is 0 Å². The summed E-state index contributed by atoms with van der Waals surface area (Å²) in [6, 6.07) is -0.355. The highest BCUT2D eigenvalue weighted by Crippen LogP contribution is 1.97. The molecule has 4 nitrogen and oxygen atoms in total. The van der Waals surface area contributed by atoms with Crippen molar-refractivity contribution in [2.24, 2.45) is 5.73 Å². The molecule has 0 aromatic carbocycles. The number of hydrogen-bond donors (Lipinski definition) is 1. The van der Waals surface area contributed by atoms with Crippen molar-refractivity contribution < 1.29 is 9.53 Å². The van der Waals surface area contributed by atoms with Crippen molar-refractivity contribution in [3.8, 4) is 0 Å². The molecule has 2 N–H and O–H groups in total. The van der Waals surface area contributed by atoms with Gasteiger partial charge >= 0.3 is 0 Å². The van der Waals surface area contributed by atoms with Crippen LogP contribution in [-0.2, 0) is 9.53 Å². The Hall–Kier alpha value is -0.610. The predicted molar refractivity (Wildman–Crippen MR) is 57.0 cm³/mol. The first-order chi connectivity index (χ1) is 6.63. The summed E-state index contributed by atoms with van der Waals surface area (Å²) in [5, 5.41) is 0. The lowest BCUT2D eigenvalue weighted by molar-refractivity contribution is -0.132. The van der Waals surface area contributed by atoms with Gasteiger partial charge in [-0.15, -0.1) is 0 Å². The van der Waals surface area contributed by atoms with E-state index in [-0.39, 0.29) is 11.9 Å². The molecule has 0 fully saturated rings. The van der Waals surface area contributed by atoms with E-state index in [4.69, 9.17) is 10.5 Å². The predicted octanol–water partition coefficient (Wildman–Crippen LogP) is 0.609. The van der Waals surface area contributed by atoms with E-state index in [1.807, 2.05) is 13.8 Å². The Balaban J connectivity index is 3.74. The molecule has 1 unspecified atom stereocenters. The molecule has 0 aromatic rings. The zero-order chi connectivity index (χ0) is 11.0. The van der Waals surface area contributed by atoms with Gasteiger partial charge < -0.3 is 15.4 Å². The van der Waals surface area contributed by atoms with E-state index in [9.17, 15) is 4.79 Å². The zero-order valence-electron chi connectivity index (χ0n) is 9.45. The van der Waals surface area contributed by atoms with Crippen molar-refractivity contribution in [1.82, 2.24) is 4.90 Å². The van der Waals surface area contributed by atoms with Gasteiger partial charge in [0, 0.05) is 20.2 Å².